The summed E-state index contributed by atoms with van der Waals surface area (Å²) in [5.41, 5.74) is 1.97. The molecule has 4 heteroatoms. The van der Waals surface area contributed by atoms with Crippen molar-refractivity contribution in [2.45, 2.75) is 5.38 Å². The summed E-state index contributed by atoms with van der Waals surface area (Å²) in [4.78, 5) is 0. The van der Waals surface area contributed by atoms with Crippen LogP contribution in [-0.2, 0) is 0 Å². The third kappa shape index (κ3) is 3.07. The number of benzene rings is 3. The van der Waals surface area contributed by atoms with Gasteiger partial charge in [0.05, 0.1) is 5.38 Å². The van der Waals surface area contributed by atoms with Gasteiger partial charge < -0.3 is 0 Å². The van der Waals surface area contributed by atoms with Gasteiger partial charge in [0, 0.05) is 19.9 Å². The Labute approximate surface area is 146 Å². The van der Waals surface area contributed by atoms with Crippen LogP contribution in [-0.4, -0.2) is 0 Å². The molecule has 106 valence electrons. The highest BCUT2D eigenvalue weighted by molar-refractivity contribution is 9.10. The molecule has 0 bridgehead atoms. The first kappa shape index (κ1) is 15.2. The topological polar surface area (TPSA) is 0 Å². The third-order valence-corrected chi connectivity index (χ3v) is 4.85. The molecule has 1 atom stereocenters. The van der Waals surface area contributed by atoms with Gasteiger partial charge in [0.25, 0.3) is 0 Å². The van der Waals surface area contributed by atoms with Gasteiger partial charge in [0.15, 0.2) is 0 Å². The molecule has 0 radical (unpaired) electrons. The molecule has 0 aromatic heterocycles. The minimum absolute atomic E-state index is 0.290. The Morgan fingerprint density at radius 2 is 1.57 bits per heavy atom. The van der Waals surface area contributed by atoms with Gasteiger partial charge in [-0.1, -0.05) is 69.5 Å². The van der Waals surface area contributed by atoms with Crippen LogP contribution in [0, 0.1) is 0 Å². The second-order valence-corrected chi connectivity index (χ2v) is 6.94. The largest absolute Gasteiger partial charge is 0.113 e. The van der Waals surface area contributed by atoms with Gasteiger partial charge in [0.1, 0.15) is 0 Å². The second kappa shape index (κ2) is 6.18. The van der Waals surface area contributed by atoms with Crippen LogP contribution in [0.5, 0.6) is 0 Å². The lowest BCUT2D eigenvalue weighted by Gasteiger charge is -2.15. The molecule has 0 N–H and O–H groups in total. The van der Waals surface area contributed by atoms with Crippen LogP contribution in [0.15, 0.2) is 59.1 Å². The van der Waals surface area contributed by atoms with E-state index in [0.717, 1.165) is 31.4 Å². The maximum Gasteiger partial charge on any atom is 0.0842 e. The predicted molar refractivity (Wildman–Crippen MR) is 95.8 cm³/mol. The lowest BCUT2D eigenvalue weighted by molar-refractivity contribution is 1.16. The molecule has 3 aromatic rings. The van der Waals surface area contributed by atoms with Gasteiger partial charge >= 0.3 is 0 Å². The zero-order valence-electron chi connectivity index (χ0n) is 10.8. The summed E-state index contributed by atoms with van der Waals surface area (Å²) in [7, 11) is 0. The van der Waals surface area contributed by atoms with E-state index in [2.05, 4.69) is 15.9 Å². The number of fused-ring (bicyclic) bond motifs is 1. The molecule has 21 heavy (non-hydrogen) atoms. The first-order valence-electron chi connectivity index (χ1n) is 6.33. The van der Waals surface area contributed by atoms with Crippen molar-refractivity contribution in [3.8, 4) is 0 Å². The fourth-order valence-electron chi connectivity index (χ4n) is 2.41. The molecule has 3 aromatic carbocycles. The molecule has 0 heterocycles. The molecule has 0 aliphatic carbocycles. The van der Waals surface area contributed by atoms with Crippen molar-refractivity contribution in [1.82, 2.24) is 0 Å². The average Bonchev–Trinajstić information content (AvgIpc) is 2.46. The first-order chi connectivity index (χ1) is 10.1. The maximum absolute atomic E-state index is 6.68. The highest BCUT2D eigenvalue weighted by Gasteiger charge is 2.16. The molecule has 0 spiro atoms. The molecule has 0 fully saturated rings. The molecule has 0 amide bonds. The van der Waals surface area contributed by atoms with Crippen LogP contribution in [0.1, 0.15) is 16.5 Å². The number of rotatable bonds is 2. The van der Waals surface area contributed by atoms with E-state index in [1.165, 1.54) is 0 Å². The highest BCUT2D eigenvalue weighted by atomic mass is 79.9. The molecule has 3 rings (SSSR count). The second-order valence-electron chi connectivity index (χ2n) is 4.75. The summed E-state index contributed by atoms with van der Waals surface area (Å²) in [6, 6.07) is 17.5. The van der Waals surface area contributed by atoms with Crippen molar-refractivity contribution in [1.29, 1.82) is 0 Å². The van der Waals surface area contributed by atoms with Gasteiger partial charge in [0.2, 0.25) is 0 Å². The molecule has 0 nitrogen and oxygen atoms in total. The molecule has 0 saturated carbocycles. The maximum atomic E-state index is 6.68. The Morgan fingerprint density at radius 1 is 0.857 bits per heavy atom. The minimum Gasteiger partial charge on any atom is -0.113 e. The Morgan fingerprint density at radius 3 is 2.29 bits per heavy atom. The van der Waals surface area contributed by atoms with Crippen molar-refractivity contribution in [2.24, 2.45) is 0 Å². The van der Waals surface area contributed by atoms with E-state index in [9.17, 15) is 0 Å². The number of hydrogen-bond donors (Lipinski definition) is 0. The van der Waals surface area contributed by atoms with Gasteiger partial charge in [-0.3, -0.25) is 0 Å². The fourth-order valence-corrected chi connectivity index (χ4v) is 3.84. The summed E-state index contributed by atoms with van der Waals surface area (Å²) in [5.74, 6) is 0. The lowest BCUT2D eigenvalue weighted by Crippen LogP contribution is -1.95. The SMILES string of the molecule is Clc1cc(Br)cc(C(Cl)c2ccc(Cl)c3ccccc23)c1. The van der Waals surface area contributed by atoms with Gasteiger partial charge in [-0.15, -0.1) is 11.6 Å². The van der Waals surface area contributed by atoms with Crippen molar-refractivity contribution in [3.05, 3.63) is 80.2 Å². The third-order valence-electron chi connectivity index (χ3n) is 3.36. The van der Waals surface area contributed by atoms with Crippen LogP contribution in [0.2, 0.25) is 10.0 Å². The highest BCUT2D eigenvalue weighted by Crippen LogP contribution is 2.38. The molecule has 0 saturated heterocycles. The smallest absolute Gasteiger partial charge is 0.0842 e. The molecular weight excluding hydrogens is 390 g/mol. The fraction of sp³-hybridized carbons (Fsp3) is 0.0588. The van der Waals surface area contributed by atoms with E-state index in [4.69, 9.17) is 34.8 Å². The molecule has 0 aliphatic rings. The minimum atomic E-state index is -0.290. The van der Waals surface area contributed by atoms with E-state index in [-0.39, 0.29) is 5.38 Å². The summed E-state index contributed by atoms with van der Waals surface area (Å²) >= 11 is 22.5. The normalized spacial score (nSPS) is 12.6. The summed E-state index contributed by atoms with van der Waals surface area (Å²) in [6.07, 6.45) is 0. The van der Waals surface area contributed by atoms with Crippen molar-refractivity contribution in [3.63, 3.8) is 0 Å². The standard InChI is InChI=1S/C17H10BrCl3/c18-11-7-10(8-12(19)9-11)17(21)15-5-6-16(20)14-4-2-1-3-13(14)15/h1-9,17H. The van der Waals surface area contributed by atoms with E-state index in [1.807, 2.05) is 54.6 Å². The van der Waals surface area contributed by atoms with Crippen LogP contribution >= 0.6 is 50.7 Å². The van der Waals surface area contributed by atoms with E-state index >= 15 is 0 Å². The van der Waals surface area contributed by atoms with E-state index in [0.29, 0.717) is 5.02 Å². The Kier molecular flexibility index (Phi) is 4.46. The molecule has 0 aliphatic heterocycles. The summed E-state index contributed by atoms with van der Waals surface area (Å²) in [5, 5.41) is 3.15. The Balaban J connectivity index is 2.18. The van der Waals surface area contributed by atoms with Gasteiger partial charge in [-0.2, -0.15) is 0 Å². The molecular formula is C17H10BrCl3. The number of hydrogen-bond acceptors (Lipinski definition) is 0. The van der Waals surface area contributed by atoms with Crippen LogP contribution < -0.4 is 0 Å². The predicted octanol–water partition coefficient (Wildman–Crippen LogP) is 7.24. The van der Waals surface area contributed by atoms with E-state index in [1.54, 1.807) is 0 Å². The lowest BCUT2D eigenvalue weighted by atomic mass is 9.98. The monoisotopic (exact) mass is 398 g/mol. The van der Waals surface area contributed by atoms with Crippen LogP contribution in [0.25, 0.3) is 10.8 Å². The number of alkyl halides is 1. The van der Waals surface area contributed by atoms with Crippen LogP contribution in [0.4, 0.5) is 0 Å². The van der Waals surface area contributed by atoms with Crippen molar-refractivity contribution >= 4 is 61.5 Å². The molecule has 1 unspecified atom stereocenters. The number of halogens is 4. The van der Waals surface area contributed by atoms with Crippen LogP contribution in [0.3, 0.4) is 0 Å². The quantitative estimate of drug-likeness (QED) is 0.398. The zero-order valence-corrected chi connectivity index (χ0v) is 14.6. The van der Waals surface area contributed by atoms with Gasteiger partial charge in [-0.25, -0.2) is 0 Å². The zero-order chi connectivity index (χ0) is 15.0. The summed E-state index contributed by atoms with van der Waals surface area (Å²) in [6.45, 7) is 0. The van der Waals surface area contributed by atoms with Crippen molar-refractivity contribution in [2.75, 3.05) is 0 Å². The summed E-state index contributed by atoms with van der Waals surface area (Å²) < 4.78 is 0.911. The van der Waals surface area contributed by atoms with Gasteiger partial charge in [-0.05, 0) is 40.8 Å². The Bertz CT molecular complexity index is 794. The Hall–Kier alpha value is -0.730. The first-order valence-corrected chi connectivity index (χ1v) is 8.32. The average molecular weight is 401 g/mol. The van der Waals surface area contributed by atoms with Crippen molar-refractivity contribution < 1.29 is 0 Å². The van der Waals surface area contributed by atoms with E-state index < -0.39 is 0 Å².